The van der Waals surface area contributed by atoms with Crippen molar-refractivity contribution in [1.82, 2.24) is 4.98 Å². The largest absolute Gasteiger partial charge is 0.358 e. The van der Waals surface area contributed by atoms with E-state index in [1.54, 1.807) is 12.3 Å². The van der Waals surface area contributed by atoms with Crippen LogP contribution in [0.2, 0.25) is 10.0 Å². The van der Waals surface area contributed by atoms with Crippen molar-refractivity contribution in [3.63, 3.8) is 0 Å². The number of ketones is 1. The van der Waals surface area contributed by atoms with Crippen molar-refractivity contribution in [1.29, 1.82) is 0 Å². The fourth-order valence-electron chi connectivity index (χ4n) is 4.74. The van der Waals surface area contributed by atoms with Gasteiger partial charge < -0.3 is 5.32 Å². The monoisotopic (exact) mass is 422 g/mol. The van der Waals surface area contributed by atoms with Gasteiger partial charge in [0.2, 0.25) is 0 Å². The quantitative estimate of drug-likeness (QED) is 0.471. The highest BCUT2D eigenvalue weighted by Gasteiger charge is 2.41. The molecule has 1 aliphatic heterocycles. The third-order valence-electron chi connectivity index (χ3n) is 5.90. The Labute approximate surface area is 179 Å². The summed E-state index contributed by atoms with van der Waals surface area (Å²) in [4.78, 5) is 17.9. The molecule has 2 heterocycles. The van der Waals surface area contributed by atoms with Crippen LogP contribution in [-0.2, 0) is 4.79 Å². The molecule has 29 heavy (non-hydrogen) atoms. The minimum Gasteiger partial charge on any atom is -0.358 e. The van der Waals surface area contributed by atoms with Crippen LogP contribution >= 0.6 is 23.2 Å². The minimum atomic E-state index is -0.274. The highest BCUT2D eigenvalue weighted by molar-refractivity contribution is 6.42. The Balaban J connectivity index is 1.86. The van der Waals surface area contributed by atoms with Crippen molar-refractivity contribution < 1.29 is 4.79 Å². The van der Waals surface area contributed by atoms with Crippen molar-refractivity contribution in [2.75, 3.05) is 5.32 Å². The Kier molecular flexibility index (Phi) is 4.23. The molecule has 3 aromatic rings. The van der Waals surface area contributed by atoms with E-state index in [0.717, 1.165) is 45.4 Å². The van der Waals surface area contributed by atoms with E-state index >= 15 is 0 Å². The zero-order valence-electron chi connectivity index (χ0n) is 16.2. The van der Waals surface area contributed by atoms with Gasteiger partial charge in [0.1, 0.15) is 0 Å². The lowest BCUT2D eigenvalue weighted by molar-refractivity contribution is -0.118. The zero-order valence-corrected chi connectivity index (χ0v) is 17.7. The van der Waals surface area contributed by atoms with E-state index < -0.39 is 0 Å². The number of nitrogens with zero attached hydrogens (tertiary/aromatic N) is 1. The SMILES string of the molecule is CC1(C)CC(=O)C2=C(C1)Nc1ccc3ncccc3c1[C@@H]2c1cccc(Cl)c1Cl. The van der Waals surface area contributed by atoms with Gasteiger partial charge in [-0.05, 0) is 47.2 Å². The number of hydrogen-bond donors (Lipinski definition) is 1. The molecule has 0 saturated carbocycles. The summed E-state index contributed by atoms with van der Waals surface area (Å²) in [5.74, 6) is -0.111. The predicted molar refractivity (Wildman–Crippen MR) is 119 cm³/mol. The maximum absolute atomic E-state index is 13.4. The number of anilines is 1. The van der Waals surface area contributed by atoms with E-state index in [0.29, 0.717) is 16.5 Å². The first-order valence-corrected chi connectivity index (χ1v) is 10.5. The van der Waals surface area contributed by atoms with E-state index in [1.165, 1.54) is 0 Å². The molecule has 2 aromatic carbocycles. The van der Waals surface area contributed by atoms with Crippen molar-refractivity contribution in [2.24, 2.45) is 5.41 Å². The summed E-state index contributed by atoms with van der Waals surface area (Å²) in [6.07, 6.45) is 3.11. The molecule has 2 aliphatic rings. The molecular formula is C24H20Cl2N2O. The molecule has 0 fully saturated rings. The van der Waals surface area contributed by atoms with Gasteiger partial charge in [0.15, 0.2) is 5.78 Å². The molecule has 0 unspecified atom stereocenters. The van der Waals surface area contributed by atoms with Crippen LogP contribution in [0.15, 0.2) is 59.9 Å². The first kappa shape index (κ1) is 18.7. The van der Waals surface area contributed by atoms with Crippen LogP contribution in [0.25, 0.3) is 10.9 Å². The molecule has 1 N–H and O–H groups in total. The summed E-state index contributed by atoms with van der Waals surface area (Å²) in [6, 6.07) is 13.7. The topological polar surface area (TPSA) is 42.0 Å². The molecular weight excluding hydrogens is 403 g/mol. The third kappa shape index (κ3) is 2.95. The Morgan fingerprint density at radius 3 is 2.72 bits per heavy atom. The molecule has 3 nitrogen and oxygen atoms in total. The molecule has 1 atom stereocenters. The number of benzene rings is 2. The van der Waals surface area contributed by atoms with Crippen LogP contribution in [0.3, 0.4) is 0 Å². The van der Waals surface area contributed by atoms with Gasteiger partial charge in [0, 0.05) is 40.9 Å². The second kappa shape index (κ2) is 6.58. The predicted octanol–water partition coefficient (Wildman–Crippen LogP) is 6.74. The third-order valence-corrected chi connectivity index (χ3v) is 6.74. The Hall–Kier alpha value is -2.36. The van der Waals surface area contributed by atoms with Crippen molar-refractivity contribution in [3.05, 3.63) is 81.1 Å². The zero-order chi connectivity index (χ0) is 20.3. The highest BCUT2D eigenvalue weighted by atomic mass is 35.5. The van der Waals surface area contributed by atoms with Crippen LogP contribution in [0.4, 0.5) is 5.69 Å². The summed E-state index contributed by atoms with van der Waals surface area (Å²) < 4.78 is 0. The normalized spacial score (nSPS) is 20.3. The molecule has 0 spiro atoms. The van der Waals surface area contributed by atoms with Crippen molar-refractivity contribution in [3.8, 4) is 0 Å². The summed E-state index contributed by atoms with van der Waals surface area (Å²) in [5, 5.41) is 5.57. The second-order valence-electron chi connectivity index (χ2n) is 8.63. The molecule has 0 bridgehead atoms. The maximum atomic E-state index is 13.4. The molecule has 0 amide bonds. The molecule has 1 aliphatic carbocycles. The summed E-state index contributed by atoms with van der Waals surface area (Å²) >= 11 is 13.1. The van der Waals surface area contributed by atoms with E-state index in [-0.39, 0.29) is 17.1 Å². The Morgan fingerprint density at radius 1 is 1.07 bits per heavy atom. The first-order chi connectivity index (χ1) is 13.9. The maximum Gasteiger partial charge on any atom is 0.162 e. The van der Waals surface area contributed by atoms with Crippen molar-refractivity contribution in [2.45, 2.75) is 32.6 Å². The van der Waals surface area contributed by atoms with E-state index in [1.807, 2.05) is 30.3 Å². The van der Waals surface area contributed by atoms with Gasteiger partial charge in [-0.3, -0.25) is 9.78 Å². The summed E-state index contributed by atoms with van der Waals surface area (Å²) in [5.41, 5.74) is 5.49. The van der Waals surface area contributed by atoms with Crippen LogP contribution in [0, 0.1) is 5.41 Å². The van der Waals surface area contributed by atoms with Gasteiger partial charge in [-0.2, -0.15) is 0 Å². The second-order valence-corrected chi connectivity index (χ2v) is 9.42. The van der Waals surface area contributed by atoms with Gasteiger partial charge in [0.05, 0.1) is 15.6 Å². The first-order valence-electron chi connectivity index (χ1n) is 9.70. The fraction of sp³-hybridized carbons (Fsp3) is 0.250. The van der Waals surface area contributed by atoms with Crippen LogP contribution in [0.1, 0.15) is 43.7 Å². The molecule has 5 heteroatoms. The number of aromatic nitrogens is 1. The highest BCUT2D eigenvalue weighted by Crippen LogP contribution is 2.52. The number of hydrogen-bond acceptors (Lipinski definition) is 3. The van der Waals surface area contributed by atoms with Gasteiger partial charge in [-0.15, -0.1) is 0 Å². The summed E-state index contributed by atoms with van der Waals surface area (Å²) in [6.45, 7) is 4.27. The van der Waals surface area contributed by atoms with Gasteiger partial charge in [0.25, 0.3) is 0 Å². The van der Waals surface area contributed by atoms with Crippen LogP contribution in [-0.4, -0.2) is 10.8 Å². The van der Waals surface area contributed by atoms with Crippen LogP contribution < -0.4 is 5.32 Å². The number of nitrogens with one attached hydrogen (secondary N) is 1. The minimum absolute atomic E-state index is 0.0818. The average Bonchev–Trinajstić information content (AvgIpc) is 2.67. The van der Waals surface area contributed by atoms with Gasteiger partial charge in [-0.1, -0.05) is 55.2 Å². The van der Waals surface area contributed by atoms with Gasteiger partial charge in [-0.25, -0.2) is 0 Å². The molecule has 5 rings (SSSR count). The Bertz CT molecular complexity index is 1210. The fourth-order valence-corrected chi connectivity index (χ4v) is 5.15. The standard InChI is InChI=1S/C24H20Cl2N2O/c1-24(2)11-18-22(19(29)12-24)21(14-5-3-7-15(25)23(14)26)20-13-6-4-10-27-16(13)8-9-17(20)28-18/h3-10,21,28H,11-12H2,1-2H3/t21-/m0/s1. The lowest BCUT2D eigenvalue weighted by Crippen LogP contribution is -2.34. The number of rotatable bonds is 1. The Morgan fingerprint density at radius 2 is 1.90 bits per heavy atom. The molecule has 0 saturated heterocycles. The number of carbonyl (C=O) groups excluding carboxylic acids is 1. The van der Waals surface area contributed by atoms with E-state index in [9.17, 15) is 4.79 Å². The smallest absolute Gasteiger partial charge is 0.162 e. The number of pyridine rings is 1. The van der Waals surface area contributed by atoms with Crippen LogP contribution in [0.5, 0.6) is 0 Å². The number of Topliss-reactive ketones (excluding diaryl/α,β-unsaturated/α-hetero) is 1. The van der Waals surface area contributed by atoms with Gasteiger partial charge >= 0.3 is 0 Å². The average molecular weight is 423 g/mol. The molecule has 146 valence electrons. The number of allylic oxidation sites excluding steroid dienone is 2. The number of fused-ring (bicyclic) bond motifs is 3. The summed E-state index contributed by atoms with van der Waals surface area (Å²) in [7, 11) is 0. The van der Waals surface area contributed by atoms with E-state index in [2.05, 4.69) is 30.2 Å². The number of carbonyl (C=O) groups is 1. The lowest BCUT2D eigenvalue weighted by atomic mass is 9.68. The number of halogens is 2. The lowest BCUT2D eigenvalue weighted by Gasteiger charge is -2.40. The van der Waals surface area contributed by atoms with E-state index in [4.69, 9.17) is 23.2 Å². The van der Waals surface area contributed by atoms with Crippen molar-refractivity contribution >= 4 is 45.6 Å². The molecule has 0 radical (unpaired) electrons. The molecule has 1 aromatic heterocycles.